The summed E-state index contributed by atoms with van der Waals surface area (Å²) in [6.45, 7) is 2.26. The van der Waals surface area contributed by atoms with Gasteiger partial charge in [0.1, 0.15) is 5.69 Å². The number of halogens is 1. The highest BCUT2D eigenvalue weighted by atomic mass is 35.5. The molecule has 1 saturated heterocycles. The van der Waals surface area contributed by atoms with Gasteiger partial charge in [-0.1, -0.05) is 17.7 Å². The third-order valence-electron chi connectivity index (χ3n) is 5.09. The number of nitrogens with one attached hydrogen (secondary N) is 1. The first-order chi connectivity index (χ1) is 15.6. The number of rotatable bonds is 7. The summed E-state index contributed by atoms with van der Waals surface area (Å²) in [5, 5.41) is 29.6. The van der Waals surface area contributed by atoms with E-state index in [1.807, 2.05) is 0 Å². The first-order valence-electron chi connectivity index (χ1n) is 10.0. The number of piperidine rings is 1. The van der Waals surface area contributed by atoms with Crippen molar-refractivity contribution < 1.29 is 19.3 Å². The number of hydrogen-bond donors (Lipinski definition) is 3. The summed E-state index contributed by atoms with van der Waals surface area (Å²) in [5.41, 5.74) is 9.16. The third kappa shape index (κ3) is 5.21. The number of ether oxygens (including phenoxy) is 1. The van der Waals surface area contributed by atoms with Crippen LogP contribution in [0, 0.1) is 0 Å². The topological polar surface area (TPSA) is 170 Å². The van der Waals surface area contributed by atoms with Crippen LogP contribution >= 0.6 is 12.4 Å². The molecule has 14 heteroatoms. The van der Waals surface area contributed by atoms with Crippen LogP contribution in [0.5, 0.6) is 11.5 Å². The molecule has 176 valence electrons. The summed E-state index contributed by atoms with van der Waals surface area (Å²) in [7, 11) is 1.44. The Morgan fingerprint density at radius 3 is 2.82 bits per heavy atom. The minimum absolute atomic E-state index is 0. The van der Waals surface area contributed by atoms with E-state index in [1.54, 1.807) is 18.2 Å². The van der Waals surface area contributed by atoms with Crippen molar-refractivity contribution in [2.45, 2.75) is 25.8 Å². The van der Waals surface area contributed by atoms with Gasteiger partial charge in [-0.2, -0.15) is 9.78 Å². The molecule has 1 aliphatic heterocycles. The molecule has 1 aromatic carbocycles. The second-order valence-electron chi connectivity index (χ2n) is 7.20. The van der Waals surface area contributed by atoms with E-state index in [0.29, 0.717) is 23.6 Å². The largest absolute Gasteiger partial charge is 0.504 e. The molecule has 3 heterocycles. The predicted molar refractivity (Wildman–Crippen MR) is 120 cm³/mol. The van der Waals surface area contributed by atoms with Gasteiger partial charge in [0.25, 0.3) is 5.91 Å². The van der Waals surface area contributed by atoms with Crippen molar-refractivity contribution in [2.75, 3.05) is 25.9 Å². The molecular weight excluding hydrogens is 454 g/mol. The van der Waals surface area contributed by atoms with Crippen molar-refractivity contribution in [2.24, 2.45) is 5.10 Å². The van der Waals surface area contributed by atoms with Crippen LogP contribution in [-0.2, 0) is 6.54 Å². The molecule has 4 N–H and O–H groups in total. The quantitative estimate of drug-likeness (QED) is 0.331. The van der Waals surface area contributed by atoms with E-state index >= 15 is 0 Å². The number of hydrazone groups is 1. The highest BCUT2D eigenvalue weighted by Gasteiger charge is 2.26. The number of phenols is 1. The lowest BCUT2D eigenvalue weighted by atomic mass is 10.1. The number of hydrogen-bond acceptors (Lipinski definition) is 11. The lowest BCUT2D eigenvalue weighted by Gasteiger charge is -2.25. The van der Waals surface area contributed by atoms with E-state index in [0.717, 1.165) is 25.9 Å². The molecule has 3 aromatic rings. The van der Waals surface area contributed by atoms with Crippen LogP contribution in [0.1, 0.15) is 41.0 Å². The summed E-state index contributed by atoms with van der Waals surface area (Å²) >= 11 is 0. The standard InChI is InChI=1S/C19H23N9O4.ClH/c1-31-14-7-5-6-12(16(14)29)10-21-23-19(30)15-13(11-27-8-3-2-4-9-27)22-26-28(15)18-17(20)24-32-25-18;/h5-7,10,29H,2-4,8-9,11H2,1H3,(H2,20,24)(H,23,30);1H/b21-10+;. The number of aromatic hydroxyl groups is 1. The van der Waals surface area contributed by atoms with E-state index < -0.39 is 5.91 Å². The number of aromatic nitrogens is 5. The number of benzene rings is 1. The molecule has 0 aliphatic carbocycles. The Kier molecular flexibility index (Phi) is 7.79. The van der Waals surface area contributed by atoms with Gasteiger partial charge < -0.3 is 15.6 Å². The van der Waals surface area contributed by atoms with E-state index in [1.165, 1.54) is 24.4 Å². The molecule has 4 rings (SSSR count). The fourth-order valence-corrected chi connectivity index (χ4v) is 3.48. The Labute approximate surface area is 194 Å². The van der Waals surface area contributed by atoms with Crippen LogP contribution in [0.3, 0.4) is 0 Å². The summed E-state index contributed by atoms with van der Waals surface area (Å²) in [4.78, 5) is 15.2. The molecule has 1 amide bonds. The first-order valence-corrected chi connectivity index (χ1v) is 10.0. The van der Waals surface area contributed by atoms with Crippen molar-refractivity contribution >= 4 is 30.3 Å². The zero-order valence-corrected chi connectivity index (χ0v) is 18.7. The summed E-state index contributed by atoms with van der Waals surface area (Å²) in [6.07, 6.45) is 4.66. The number of phenolic OH excluding ortho intramolecular Hbond substituents is 1. The van der Waals surface area contributed by atoms with Crippen LogP contribution in [0.25, 0.3) is 5.82 Å². The molecule has 0 bridgehead atoms. The zero-order valence-electron chi connectivity index (χ0n) is 17.8. The molecule has 0 radical (unpaired) electrons. The average molecular weight is 478 g/mol. The van der Waals surface area contributed by atoms with Gasteiger partial charge in [-0.15, -0.1) is 17.5 Å². The van der Waals surface area contributed by atoms with Gasteiger partial charge in [-0.3, -0.25) is 9.69 Å². The maximum absolute atomic E-state index is 13.0. The van der Waals surface area contributed by atoms with Crippen LogP contribution in [0.2, 0.25) is 0 Å². The molecule has 2 aromatic heterocycles. The van der Waals surface area contributed by atoms with Gasteiger partial charge in [0, 0.05) is 12.1 Å². The molecule has 13 nitrogen and oxygen atoms in total. The number of para-hydroxylation sites is 1. The smallest absolute Gasteiger partial charge is 0.292 e. The zero-order chi connectivity index (χ0) is 22.5. The lowest BCUT2D eigenvalue weighted by molar-refractivity contribution is 0.0944. The maximum Gasteiger partial charge on any atom is 0.292 e. The fourth-order valence-electron chi connectivity index (χ4n) is 3.48. The third-order valence-corrected chi connectivity index (χ3v) is 5.09. The number of nitrogens with two attached hydrogens (primary N) is 1. The number of carbonyl (C=O) groups is 1. The molecule has 33 heavy (non-hydrogen) atoms. The second-order valence-corrected chi connectivity index (χ2v) is 7.20. The van der Waals surface area contributed by atoms with Gasteiger partial charge in [0.2, 0.25) is 11.6 Å². The number of carbonyl (C=O) groups excluding carboxylic acids is 1. The van der Waals surface area contributed by atoms with Crippen LogP contribution in [-0.4, -0.2) is 67.6 Å². The first kappa shape index (κ1) is 23.9. The highest BCUT2D eigenvalue weighted by molar-refractivity contribution is 5.95. The molecule has 0 spiro atoms. The molecule has 0 atom stereocenters. The minimum atomic E-state index is -0.581. The fraction of sp³-hybridized carbons (Fsp3) is 0.368. The Hall–Kier alpha value is -3.71. The summed E-state index contributed by atoms with van der Waals surface area (Å²) in [6, 6.07) is 4.93. The Morgan fingerprint density at radius 1 is 1.33 bits per heavy atom. The Morgan fingerprint density at radius 2 is 2.12 bits per heavy atom. The normalized spacial score (nSPS) is 14.2. The average Bonchev–Trinajstić information content (AvgIpc) is 3.41. The van der Waals surface area contributed by atoms with Gasteiger partial charge in [0.15, 0.2) is 17.2 Å². The number of anilines is 1. The monoisotopic (exact) mass is 477 g/mol. The maximum atomic E-state index is 13.0. The van der Waals surface area contributed by atoms with Crippen LogP contribution in [0.4, 0.5) is 5.82 Å². The number of methoxy groups -OCH3 is 1. The molecule has 1 fully saturated rings. The highest BCUT2D eigenvalue weighted by Crippen LogP contribution is 2.28. The number of likely N-dealkylation sites (tertiary alicyclic amines) is 1. The predicted octanol–water partition coefficient (Wildman–Crippen LogP) is 1.12. The van der Waals surface area contributed by atoms with Crippen molar-refractivity contribution in [3.63, 3.8) is 0 Å². The van der Waals surface area contributed by atoms with Crippen molar-refractivity contribution in [3.05, 3.63) is 35.2 Å². The summed E-state index contributed by atoms with van der Waals surface area (Å²) < 4.78 is 10.9. The van der Waals surface area contributed by atoms with Crippen molar-refractivity contribution in [1.29, 1.82) is 0 Å². The van der Waals surface area contributed by atoms with Crippen molar-refractivity contribution in [3.8, 4) is 17.3 Å². The molecular formula is C19H24ClN9O4. The number of nitrogen functional groups attached to an aromatic ring is 1. The van der Waals surface area contributed by atoms with E-state index in [2.05, 4.69) is 40.7 Å². The number of amides is 1. The van der Waals surface area contributed by atoms with Gasteiger partial charge in [0.05, 0.1) is 13.3 Å². The van der Waals surface area contributed by atoms with E-state index in [4.69, 9.17) is 10.5 Å². The van der Waals surface area contributed by atoms with Gasteiger partial charge >= 0.3 is 0 Å². The van der Waals surface area contributed by atoms with E-state index in [9.17, 15) is 9.90 Å². The number of nitrogens with zero attached hydrogens (tertiary/aromatic N) is 7. The van der Waals surface area contributed by atoms with E-state index in [-0.39, 0.29) is 35.5 Å². The Balaban J connectivity index is 0.00000306. The minimum Gasteiger partial charge on any atom is -0.504 e. The van der Waals surface area contributed by atoms with Gasteiger partial charge in [-0.05, 0) is 48.4 Å². The van der Waals surface area contributed by atoms with Gasteiger partial charge in [-0.25, -0.2) is 10.1 Å². The SMILES string of the molecule is COc1cccc(/C=N/NC(=O)c2c(CN3CCCCC3)nnn2-c2nonc2N)c1O.Cl. The molecule has 1 aliphatic rings. The molecule has 0 saturated carbocycles. The Bertz CT molecular complexity index is 1120. The van der Waals surface area contributed by atoms with Crippen molar-refractivity contribution in [1.82, 2.24) is 35.6 Å². The lowest BCUT2D eigenvalue weighted by Crippen LogP contribution is -2.31. The second kappa shape index (κ2) is 10.7. The van der Waals surface area contributed by atoms with Crippen LogP contribution < -0.4 is 15.9 Å². The van der Waals surface area contributed by atoms with Crippen LogP contribution in [0.15, 0.2) is 27.9 Å². The molecule has 0 unspecified atom stereocenters. The summed E-state index contributed by atoms with van der Waals surface area (Å²) in [5.74, 6) is -0.351.